The Hall–Kier alpha value is -1.15. The topological polar surface area (TPSA) is 71.3 Å². The molecule has 0 radical (unpaired) electrons. The van der Waals surface area contributed by atoms with Gasteiger partial charge in [-0.15, -0.1) is 0 Å². The third-order valence-electron chi connectivity index (χ3n) is 3.12. The number of rotatable bonds is 6. The van der Waals surface area contributed by atoms with Gasteiger partial charge in [-0.25, -0.2) is 13.1 Å². The first-order valence-electron chi connectivity index (χ1n) is 6.44. The van der Waals surface area contributed by atoms with Crippen LogP contribution >= 0.6 is 15.9 Å². The average Bonchev–Trinajstić information content (AvgIpc) is 2.95. The quantitative estimate of drug-likeness (QED) is 0.817. The predicted molar refractivity (Wildman–Crippen MR) is 84.4 cm³/mol. The van der Waals surface area contributed by atoms with Gasteiger partial charge < -0.3 is 9.73 Å². The van der Waals surface area contributed by atoms with Crippen LogP contribution in [0.25, 0.3) is 0 Å². The molecule has 0 aliphatic heterocycles. The van der Waals surface area contributed by atoms with Gasteiger partial charge in [-0.2, -0.15) is 0 Å². The van der Waals surface area contributed by atoms with Crippen LogP contribution < -0.4 is 10.0 Å². The summed E-state index contributed by atoms with van der Waals surface area (Å²) in [6.07, 6.45) is 0. The first-order chi connectivity index (χ1) is 9.94. The minimum absolute atomic E-state index is 0.0738. The fraction of sp³-hybridized carbons (Fsp3) is 0.286. The normalized spacial score (nSPS) is 13.3. The highest BCUT2D eigenvalue weighted by molar-refractivity contribution is 9.10. The van der Waals surface area contributed by atoms with Crippen molar-refractivity contribution >= 4 is 26.0 Å². The maximum atomic E-state index is 11.6. The van der Waals surface area contributed by atoms with E-state index in [1.807, 2.05) is 31.2 Å². The van der Waals surface area contributed by atoms with Crippen molar-refractivity contribution in [1.82, 2.24) is 10.0 Å². The lowest BCUT2D eigenvalue weighted by atomic mass is 10.1. The van der Waals surface area contributed by atoms with Gasteiger partial charge in [-0.3, -0.25) is 0 Å². The molecule has 1 heterocycles. The molecule has 0 aliphatic rings. The van der Waals surface area contributed by atoms with Crippen LogP contribution in [0.5, 0.6) is 0 Å². The lowest BCUT2D eigenvalue weighted by molar-refractivity contribution is 0.392. The number of sulfonamides is 1. The molecule has 0 bridgehead atoms. The Morgan fingerprint density at radius 3 is 2.62 bits per heavy atom. The van der Waals surface area contributed by atoms with Gasteiger partial charge in [0.15, 0.2) is 0 Å². The second kappa shape index (κ2) is 6.74. The minimum Gasteiger partial charge on any atom is -0.447 e. The molecule has 0 unspecified atom stereocenters. The zero-order valence-electron chi connectivity index (χ0n) is 11.8. The van der Waals surface area contributed by atoms with Gasteiger partial charge in [0.25, 0.3) is 10.0 Å². The lowest BCUT2D eigenvalue weighted by Crippen LogP contribution is -2.19. The number of hydrogen-bond donors (Lipinski definition) is 2. The van der Waals surface area contributed by atoms with E-state index in [4.69, 9.17) is 4.42 Å². The highest BCUT2D eigenvalue weighted by Crippen LogP contribution is 2.23. The predicted octanol–water partition coefficient (Wildman–Crippen LogP) is 2.80. The van der Waals surface area contributed by atoms with Crippen LogP contribution in [-0.2, 0) is 16.6 Å². The molecule has 1 aromatic heterocycles. The van der Waals surface area contributed by atoms with Gasteiger partial charge in [0, 0.05) is 10.5 Å². The van der Waals surface area contributed by atoms with E-state index in [9.17, 15) is 8.42 Å². The molecule has 1 aromatic carbocycles. The summed E-state index contributed by atoms with van der Waals surface area (Å²) in [5.41, 5.74) is 1.13. The molecule has 0 aliphatic carbocycles. The summed E-state index contributed by atoms with van der Waals surface area (Å²) in [5.74, 6) is 0.572. The van der Waals surface area contributed by atoms with Crippen LogP contribution in [0.1, 0.15) is 24.3 Å². The smallest absolute Gasteiger partial charge is 0.273 e. The number of benzene rings is 1. The molecule has 5 nitrogen and oxygen atoms in total. The largest absolute Gasteiger partial charge is 0.447 e. The Labute approximate surface area is 132 Å². The van der Waals surface area contributed by atoms with Gasteiger partial charge in [-0.05, 0) is 37.7 Å². The van der Waals surface area contributed by atoms with Crippen molar-refractivity contribution in [3.05, 3.63) is 52.2 Å². The summed E-state index contributed by atoms with van der Waals surface area (Å²) in [4.78, 5) is 0. The van der Waals surface area contributed by atoms with Crippen molar-refractivity contribution in [1.29, 1.82) is 0 Å². The molecule has 0 amide bonds. The maximum Gasteiger partial charge on any atom is 0.273 e. The SMILES string of the molecule is CNS(=O)(=O)c1ccc(CN[C@H](C)c2ccccc2Br)o1. The van der Waals surface area contributed by atoms with E-state index in [1.54, 1.807) is 6.07 Å². The van der Waals surface area contributed by atoms with Gasteiger partial charge >= 0.3 is 0 Å². The summed E-state index contributed by atoms with van der Waals surface area (Å²) < 4.78 is 31.8. The Balaban J connectivity index is 2.03. The molecule has 2 aromatic rings. The molecule has 0 saturated heterocycles. The fourth-order valence-corrected chi connectivity index (χ4v) is 3.18. The molecule has 0 saturated carbocycles. The Morgan fingerprint density at radius 1 is 1.24 bits per heavy atom. The lowest BCUT2D eigenvalue weighted by Gasteiger charge is -2.14. The standard InChI is InChI=1S/C14H17BrN2O3S/c1-10(12-5-3-4-6-13(12)15)17-9-11-7-8-14(20-11)21(18,19)16-2/h3-8,10,16-17H,9H2,1-2H3/t10-/m1/s1. The zero-order valence-corrected chi connectivity index (χ0v) is 14.2. The van der Waals surface area contributed by atoms with Gasteiger partial charge in [0.2, 0.25) is 5.09 Å². The number of furan rings is 1. The Bertz CT molecular complexity index is 713. The molecule has 2 rings (SSSR count). The van der Waals surface area contributed by atoms with E-state index in [1.165, 1.54) is 13.1 Å². The first kappa shape index (κ1) is 16.2. The Kier molecular flexibility index (Phi) is 5.21. The molecular weight excluding hydrogens is 356 g/mol. The molecule has 0 fully saturated rings. The number of hydrogen-bond acceptors (Lipinski definition) is 4. The number of nitrogens with one attached hydrogen (secondary N) is 2. The molecule has 0 spiro atoms. The maximum absolute atomic E-state index is 11.6. The van der Waals surface area contributed by atoms with E-state index in [0.29, 0.717) is 12.3 Å². The van der Waals surface area contributed by atoms with Crippen molar-refractivity contribution < 1.29 is 12.8 Å². The summed E-state index contributed by atoms with van der Waals surface area (Å²) >= 11 is 3.51. The minimum atomic E-state index is -3.53. The zero-order chi connectivity index (χ0) is 15.5. The molecule has 114 valence electrons. The van der Waals surface area contributed by atoms with E-state index in [2.05, 4.69) is 26.0 Å². The highest BCUT2D eigenvalue weighted by Gasteiger charge is 2.16. The highest BCUT2D eigenvalue weighted by atomic mass is 79.9. The average molecular weight is 373 g/mol. The number of halogens is 1. The van der Waals surface area contributed by atoms with Crippen LogP contribution in [0.2, 0.25) is 0 Å². The summed E-state index contributed by atoms with van der Waals surface area (Å²) in [6.45, 7) is 2.48. The van der Waals surface area contributed by atoms with Crippen molar-refractivity contribution in [2.24, 2.45) is 0 Å². The van der Waals surface area contributed by atoms with E-state index in [-0.39, 0.29) is 11.1 Å². The monoisotopic (exact) mass is 372 g/mol. The second-order valence-corrected chi connectivity index (χ2v) is 7.22. The van der Waals surface area contributed by atoms with Crippen LogP contribution in [0.3, 0.4) is 0 Å². The Morgan fingerprint density at radius 2 is 1.95 bits per heavy atom. The van der Waals surface area contributed by atoms with Gasteiger partial charge in [0.05, 0.1) is 6.54 Å². The van der Waals surface area contributed by atoms with Gasteiger partial charge in [0.1, 0.15) is 5.76 Å². The summed E-state index contributed by atoms with van der Waals surface area (Å²) in [6, 6.07) is 11.2. The third-order valence-corrected chi connectivity index (χ3v) is 5.13. The molecule has 2 N–H and O–H groups in total. The van der Waals surface area contributed by atoms with Crippen molar-refractivity contribution in [3.63, 3.8) is 0 Å². The van der Waals surface area contributed by atoms with Gasteiger partial charge in [-0.1, -0.05) is 34.1 Å². The first-order valence-corrected chi connectivity index (χ1v) is 8.71. The molecule has 21 heavy (non-hydrogen) atoms. The van der Waals surface area contributed by atoms with E-state index in [0.717, 1.165) is 10.0 Å². The van der Waals surface area contributed by atoms with E-state index >= 15 is 0 Å². The third kappa shape index (κ3) is 3.94. The van der Waals surface area contributed by atoms with Crippen LogP contribution in [-0.4, -0.2) is 15.5 Å². The fourth-order valence-electron chi connectivity index (χ4n) is 1.89. The summed E-state index contributed by atoms with van der Waals surface area (Å²) in [5, 5.41) is 3.23. The van der Waals surface area contributed by atoms with Crippen LogP contribution in [0.4, 0.5) is 0 Å². The van der Waals surface area contributed by atoms with Crippen molar-refractivity contribution in [2.45, 2.75) is 24.6 Å². The molecule has 7 heteroatoms. The van der Waals surface area contributed by atoms with Crippen LogP contribution in [0.15, 0.2) is 50.4 Å². The summed E-state index contributed by atoms with van der Waals surface area (Å²) in [7, 11) is -2.17. The molecule has 1 atom stereocenters. The van der Waals surface area contributed by atoms with Crippen LogP contribution in [0, 0.1) is 0 Å². The van der Waals surface area contributed by atoms with Crippen molar-refractivity contribution in [2.75, 3.05) is 7.05 Å². The molecular formula is C14H17BrN2O3S. The van der Waals surface area contributed by atoms with Crippen molar-refractivity contribution in [3.8, 4) is 0 Å². The van der Waals surface area contributed by atoms with E-state index < -0.39 is 10.0 Å². The second-order valence-electron chi connectivity index (χ2n) is 4.55.